The summed E-state index contributed by atoms with van der Waals surface area (Å²) in [6, 6.07) is 13.4. The van der Waals surface area contributed by atoms with E-state index < -0.39 is 0 Å². The fourth-order valence-corrected chi connectivity index (χ4v) is 2.89. The number of H-pyrrole nitrogens is 1. The summed E-state index contributed by atoms with van der Waals surface area (Å²) >= 11 is 1.45. The van der Waals surface area contributed by atoms with Gasteiger partial charge in [0.1, 0.15) is 5.03 Å². The van der Waals surface area contributed by atoms with E-state index >= 15 is 0 Å². The third-order valence-electron chi connectivity index (χ3n) is 3.11. The number of imidazole rings is 1. The van der Waals surface area contributed by atoms with E-state index in [4.69, 9.17) is 5.73 Å². The fourth-order valence-electron chi connectivity index (χ4n) is 2.14. The van der Waals surface area contributed by atoms with E-state index in [0.717, 1.165) is 32.2 Å². The molecule has 5 nitrogen and oxygen atoms in total. The molecule has 0 unspecified atom stereocenters. The summed E-state index contributed by atoms with van der Waals surface area (Å²) in [5.41, 5.74) is 10.1. The normalized spacial score (nSPS) is 11.2. The average Bonchev–Trinajstić information content (AvgIpc) is 2.88. The molecular weight excluding hydrogens is 282 g/mol. The van der Waals surface area contributed by atoms with Crippen LogP contribution in [-0.2, 0) is 0 Å². The summed E-state index contributed by atoms with van der Waals surface area (Å²) in [6.45, 7) is 0. The number of nitrogens with one attached hydrogen (secondary N) is 1. The molecule has 0 saturated carbocycles. The number of aromatic amines is 1. The predicted octanol–water partition coefficient (Wildman–Crippen LogP) is 3.24. The molecule has 0 radical (unpaired) electrons. The number of hydrogen-bond acceptors (Lipinski definition) is 5. The standard InChI is InChI=1S/C15H11N5S/c16-9-5-6-12-13(7-9)20-15(19-12)21-14-8-17-10-3-1-2-4-11(10)18-14/h1-8H,16H2,(H,19,20). The van der Waals surface area contributed by atoms with E-state index in [1.165, 1.54) is 11.8 Å². The van der Waals surface area contributed by atoms with Crippen LogP contribution in [0.5, 0.6) is 0 Å². The topological polar surface area (TPSA) is 80.5 Å². The minimum Gasteiger partial charge on any atom is -0.399 e. The number of nitrogens with two attached hydrogens (primary N) is 1. The molecule has 21 heavy (non-hydrogen) atoms. The fraction of sp³-hybridized carbons (Fsp3) is 0. The van der Waals surface area contributed by atoms with Crippen molar-refractivity contribution in [1.29, 1.82) is 0 Å². The molecule has 0 bridgehead atoms. The van der Waals surface area contributed by atoms with E-state index in [0.29, 0.717) is 5.69 Å². The van der Waals surface area contributed by atoms with Gasteiger partial charge in [0.2, 0.25) is 0 Å². The van der Waals surface area contributed by atoms with Gasteiger partial charge in [-0.2, -0.15) is 0 Å². The van der Waals surface area contributed by atoms with Crippen molar-refractivity contribution in [3.8, 4) is 0 Å². The Balaban J connectivity index is 1.71. The molecule has 2 heterocycles. The molecule has 4 rings (SSSR count). The lowest BCUT2D eigenvalue weighted by Gasteiger charge is -1.99. The minimum atomic E-state index is 0.716. The van der Waals surface area contributed by atoms with Gasteiger partial charge in [0, 0.05) is 5.69 Å². The lowest BCUT2D eigenvalue weighted by molar-refractivity contribution is 1.05. The lowest BCUT2D eigenvalue weighted by atomic mass is 10.3. The second-order valence-electron chi connectivity index (χ2n) is 4.62. The Kier molecular flexibility index (Phi) is 2.75. The van der Waals surface area contributed by atoms with E-state index in [1.807, 2.05) is 42.5 Å². The number of rotatable bonds is 2. The average molecular weight is 293 g/mol. The van der Waals surface area contributed by atoms with Gasteiger partial charge in [0.05, 0.1) is 28.3 Å². The highest BCUT2D eigenvalue weighted by Crippen LogP contribution is 2.27. The maximum Gasteiger partial charge on any atom is 0.172 e. The third-order valence-corrected chi connectivity index (χ3v) is 3.90. The molecule has 0 aliphatic rings. The summed E-state index contributed by atoms with van der Waals surface area (Å²) in [7, 11) is 0. The van der Waals surface area contributed by atoms with Gasteiger partial charge in [-0.05, 0) is 42.1 Å². The van der Waals surface area contributed by atoms with Gasteiger partial charge in [-0.15, -0.1) is 0 Å². The molecule has 4 aromatic rings. The van der Waals surface area contributed by atoms with Gasteiger partial charge in [-0.1, -0.05) is 12.1 Å². The number of hydrogen-bond donors (Lipinski definition) is 2. The molecule has 0 aliphatic heterocycles. The first-order valence-electron chi connectivity index (χ1n) is 6.43. The molecule has 2 aromatic carbocycles. The predicted molar refractivity (Wildman–Crippen MR) is 84.2 cm³/mol. The molecule has 0 spiro atoms. The molecule has 0 amide bonds. The van der Waals surface area contributed by atoms with Crippen molar-refractivity contribution in [3.63, 3.8) is 0 Å². The zero-order valence-electron chi connectivity index (χ0n) is 10.9. The van der Waals surface area contributed by atoms with E-state index in [1.54, 1.807) is 6.20 Å². The number of benzene rings is 2. The Hall–Kier alpha value is -2.60. The number of aromatic nitrogens is 4. The van der Waals surface area contributed by atoms with Crippen LogP contribution in [0.2, 0.25) is 0 Å². The van der Waals surface area contributed by atoms with Crippen LogP contribution in [0.4, 0.5) is 5.69 Å². The van der Waals surface area contributed by atoms with Crippen molar-refractivity contribution in [3.05, 3.63) is 48.7 Å². The van der Waals surface area contributed by atoms with E-state index in [-0.39, 0.29) is 0 Å². The molecule has 2 aromatic heterocycles. The molecule has 0 saturated heterocycles. The quantitative estimate of drug-likeness (QED) is 0.555. The maximum absolute atomic E-state index is 5.77. The molecule has 0 fully saturated rings. The summed E-state index contributed by atoms with van der Waals surface area (Å²) in [6.07, 6.45) is 1.76. The van der Waals surface area contributed by atoms with Gasteiger partial charge in [-0.25, -0.2) is 9.97 Å². The molecule has 102 valence electrons. The van der Waals surface area contributed by atoms with Crippen LogP contribution in [0.3, 0.4) is 0 Å². The number of nitrogens with zero attached hydrogens (tertiary/aromatic N) is 3. The highest BCUT2D eigenvalue weighted by molar-refractivity contribution is 7.99. The number of anilines is 1. The second-order valence-corrected chi connectivity index (χ2v) is 5.63. The van der Waals surface area contributed by atoms with Crippen LogP contribution in [0, 0.1) is 0 Å². The first kappa shape index (κ1) is 12.2. The van der Waals surface area contributed by atoms with Crippen LogP contribution in [-0.4, -0.2) is 19.9 Å². The first-order valence-corrected chi connectivity index (χ1v) is 7.24. The summed E-state index contributed by atoms with van der Waals surface area (Å²) in [4.78, 5) is 16.7. The van der Waals surface area contributed by atoms with Crippen LogP contribution in [0.25, 0.3) is 22.1 Å². The smallest absolute Gasteiger partial charge is 0.172 e. The van der Waals surface area contributed by atoms with Gasteiger partial charge < -0.3 is 10.7 Å². The van der Waals surface area contributed by atoms with E-state index in [2.05, 4.69) is 19.9 Å². The Labute approximate surface area is 124 Å². The molecule has 6 heteroatoms. The minimum absolute atomic E-state index is 0.716. The highest BCUT2D eigenvalue weighted by Gasteiger charge is 2.07. The Bertz CT molecular complexity index is 947. The van der Waals surface area contributed by atoms with Crippen LogP contribution < -0.4 is 5.73 Å². The van der Waals surface area contributed by atoms with Crippen LogP contribution >= 0.6 is 11.8 Å². The van der Waals surface area contributed by atoms with Gasteiger partial charge in [0.25, 0.3) is 0 Å². The lowest BCUT2D eigenvalue weighted by Crippen LogP contribution is -1.86. The first-order chi connectivity index (χ1) is 10.3. The number of para-hydroxylation sites is 2. The summed E-state index contributed by atoms with van der Waals surface area (Å²) in [5, 5.41) is 1.58. The highest BCUT2D eigenvalue weighted by atomic mass is 32.2. The third kappa shape index (κ3) is 2.30. The van der Waals surface area contributed by atoms with Crippen LogP contribution in [0.1, 0.15) is 0 Å². The SMILES string of the molecule is Nc1ccc2nc(Sc3cnc4ccccc4n3)[nH]c2c1. The summed E-state index contributed by atoms with van der Waals surface area (Å²) in [5.74, 6) is 0. The second kappa shape index (κ2) is 4.75. The number of nitrogen functional groups attached to an aromatic ring is 1. The maximum atomic E-state index is 5.77. The number of fused-ring (bicyclic) bond motifs is 2. The van der Waals surface area contributed by atoms with Crippen molar-refractivity contribution in [2.75, 3.05) is 5.73 Å². The monoisotopic (exact) mass is 293 g/mol. The van der Waals surface area contributed by atoms with Crippen molar-refractivity contribution in [2.24, 2.45) is 0 Å². The zero-order chi connectivity index (χ0) is 14.2. The van der Waals surface area contributed by atoms with Crippen molar-refractivity contribution < 1.29 is 0 Å². The van der Waals surface area contributed by atoms with Crippen molar-refractivity contribution in [2.45, 2.75) is 10.2 Å². The largest absolute Gasteiger partial charge is 0.399 e. The van der Waals surface area contributed by atoms with Crippen LogP contribution in [0.15, 0.2) is 58.8 Å². The van der Waals surface area contributed by atoms with Crippen molar-refractivity contribution >= 4 is 39.5 Å². The van der Waals surface area contributed by atoms with E-state index in [9.17, 15) is 0 Å². The van der Waals surface area contributed by atoms with Gasteiger partial charge in [-0.3, -0.25) is 4.98 Å². The Morgan fingerprint density at radius 2 is 1.81 bits per heavy atom. The summed E-state index contributed by atoms with van der Waals surface area (Å²) < 4.78 is 0. The van der Waals surface area contributed by atoms with Crippen molar-refractivity contribution in [1.82, 2.24) is 19.9 Å². The Morgan fingerprint density at radius 1 is 0.952 bits per heavy atom. The van der Waals surface area contributed by atoms with Gasteiger partial charge in [0.15, 0.2) is 5.16 Å². The molecule has 0 atom stereocenters. The molecule has 0 aliphatic carbocycles. The van der Waals surface area contributed by atoms with Gasteiger partial charge >= 0.3 is 0 Å². The Morgan fingerprint density at radius 3 is 2.71 bits per heavy atom. The molecular formula is C15H11N5S. The molecule has 3 N–H and O–H groups in total. The zero-order valence-corrected chi connectivity index (χ0v) is 11.8.